The maximum atomic E-state index is 13.3. The van der Waals surface area contributed by atoms with Crippen LogP contribution in [-0.2, 0) is 0 Å². The molecule has 0 spiro atoms. The molecule has 2 aromatic carbocycles. The first kappa shape index (κ1) is 20.7. The lowest BCUT2D eigenvalue weighted by molar-refractivity contribution is 0.0513. The Balaban J connectivity index is 1.52. The molecule has 6 heteroatoms. The zero-order valence-corrected chi connectivity index (χ0v) is 17.7. The van der Waals surface area contributed by atoms with Crippen molar-refractivity contribution in [1.82, 2.24) is 14.9 Å². The molecule has 0 radical (unpaired) electrons. The highest BCUT2D eigenvalue weighted by molar-refractivity contribution is 6.15. The maximum absolute atomic E-state index is 13.3. The normalized spacial score (nSPS) is 16.1. The fourth-order valence-electron chi connectivity index (χ4n) is 3.90. The third kappa shape index (κ3) is 4.79. The van der Waals surface area contributed by atoms with Crippen molar-refractivity contribution in [1.29, 1.82) is 0 Å². The second-order valence-electron chi connectivity index (χ2n) is 7.81. The van der Waals surface area contributed by atoms with E-state index in [-0.39, 0.29) is 17.8 Å². The van der Waals surface area contributed by atoms with Gasteiger partial charge in [-0.3, -0.25) is 9.59 Å². The molecular formula is C25H25N3O3. The van der Waals surface area contributed by atoms with E-state index in [2.05, 4.69) is 9.97 Å². The number of rotatable bonds is 5. The molecule has 0 N–H and O–H groups in total. The number of likely N-dealkylation sites (tertiary alicyclic amines) is 1. The Hall–Kier alpha value is -3.54. The zero-order valence-electron chi connectivity index (χ0n) is 17.7. The van der Waals surface area contributed by atoms with Crippen LogP contribution < -0.4 is 4.74 Å². The number of piperidine rings is 1. The number of hydrogen-bond acceptors (Lipinski definition) is 5. The van der Waals surface area contributed by atoms with Gasteiger partial charge in [0.05, 0.1) is 12.1 Å². The van der Waals surface area contributed by atoms with Gasteiger partial charge in [0.1, 0.15) is 6.10 Å². The average molecular weight is 415 g/mol. The fourth-order valence-corrected chi connectivity index (χ4v) is 3.90. The van der Waals surface area contributed by atoms with Crippen LogP contribution in [0.15, 0.2) is 60.7 Å². The standard InChI is InChI=1S/C25H25N3O3/c1-17-15-18(2)27-25(26-17)31-20-11-8-14-28(16-20)24(30)22-13-7-6-12-21(22)23(29)19-9-4-3-5-10-19/h3-7,9-10,12-13,15,20H,8,11,14,16H2,1-2H3. The van der Waals surface area contributed by atoms with Crippen LogP contribution in [0.1, 0.15) is 50.5 Å². The number of carbonyl (C=O) groups is 2. The van der Waals surface area contributed by atoms with Gasteiger partial charge >= 0.3 is 6.01 Å². The van der Waals surface area contributed by atoms with E-state index in [1.807, 2.05) is 38.1 Å². The number of carbonyl (C=O) groups excluding carboxylic acids is 2. The van der Waals surface area contributed by atoms with Crippen molar-refractivity contribution < 1.29 is 14.3 Å². The number of ether oxygens (including phenoxy) is 1. The highest BCUT2D eigenvalue weighted by Crippen LogP contribution is 2.21. The number of aryl methyl sites for hydroxylation is 2. The first-order valence-electron chi connectivity index (χ1n) is 10.5. The van der Waals surface area contributed by atoms with Crippen LogP contribution in [0, 0.1) is 13.8 Å². The monoisotopic (exact) mass is 415 g/mol. The molecule has 3 aromatic rings. The van der Waals surface area contributed by atoms with Gasteiger partial charge in [-0.15, -0.1) is 0 Å². The summed E-state index contributed by atoms with van der Waals surface area (Å²) >= 11 is 0. The summed E-state index contributed by atoms with van der Waals surface area (Å²) in [5.41, 5.74) is 3.09. The van der Waals surface area contributed by atoms with Crippen molar-refractivity contribution in [2.45, 2.75) is 32.8 Å². The Morgan fingerprint density at radius 2 is 1.58 bits per heavy atom. The molecule has 0 saturated carbocycles. The number of nitrogens with zero attached hydrogens (tertiary/aromatic N) is 3. The van der Waals surface area contributed by atoms with Crippen LogP contribution in [0.5, 0.6) is 6.01 Å². The number of benzene rings is 2. The molecule has 1 atom stereocenters. The predicted octanol–water partition coefficient (Wildman–Crippen LogP) is 4.01. The van der Waals surface area contributed by atoms with E-state index in [1.54, 1.807) is 41.3 Å². The molecule has 1 unspecified atom stereocenters. The number of ketones is 1. The van der Waals surface area contributed by atoms with Crippen molar-refractivity contribution in [2.75, 3.05) is 13.1 Å². The van der Waals surface area contributed by atoms with Crippen molar-refractivity contribution in [3.63, 3.8) is 0 Å². The third-order valence-electron chi connectivity index (χ3n) is 5.34. The van der Waals surface area contributed by atoms with Crippen LogP contribution in [-0.4, -0.2) is 45.8 Å². The number of hydrogen-bond donors (Lipinski definition) is 0. The Kier molecular flexibility index (Phi) is 6.07. The SMILES string of the molecule is Cc1cc(C)nc(OC2CCCN(C(=O)c3ccccc3C(=O)c3ccccc3)C2)n1. The molecule has 31 heavy (non-hydrogen) atoms. The minimum atomic E-state index is -0.184. The van der Waals surface area contributed by atoms with Gasteiger partial charge in [-0.25, -0.2) is 9.97 Å². The summed E-state index contributed by atoms with van der Waals surface area (Å²) in [5.74, 6) is -0.312. The molecule has 0 bridgehead atoms. The van der Waals surface area contributed by atoms with Crippen molar-refractivity contribution >= 4 is 11.7 Å². The van der Waals surface area contributed by atoms with Gasteiger partial charge in [-0.2, -0.15) is 0 Å². The molecule has 1 amide bonds. The van der Waals surface area contributed by atoms with E-state index < -0.39 is 0 Å². The second kappa shape index (κ2) is 9.08. The van der Waals surface area contributed by atoms with Gasteiger partial charge in [0.25, 0.3) is 5.91 Å². The minimum absolute atomic E-state index is 0.155. The molecule has 158 valence electrons. The van der Waals surface area contributed by atoms with E-state index in [9.17, 15) is 9.59 Å². The average Bonchev–Trinajstić information content (AvgIpc) is 2.78. The van der Waals surface area contributed by atoms with Crippen LogP contribution in [0.3, 0.4) is 0 Å². The Morgan fingerprint density at radius 1 is 0.935 bits per heavy atom. The summed E-state index contributed by atoms with van der Waals surface area (Å²) < 4.78 is 6.00. The molecule has 6 nitrogen and oxygen atoms in total. The van der Waals surface area contributed by atoms with Gasteiger partial charge in [0.15, 0.2) is 5.78 Å². The topological polar surface area (TPSA) is 72.4 Å². The lowest BCUT2D eigenvalue weighted by atomic mass is 9.97. The van der Waals surface area contributed by atoms with E-state index >= 15 is 0 Å². The molecule has 1 fully saturated rings. The van der Waals surface area contributed by atoms with Crippen molar-refractivity contribution in [2.24, 2.45) is 0 Å². The summed E-state index contributed by atoms with van der Waals surface area (Å²) in [4.78, 5) is 36.8. The molecule has 1 aromatic heterocycles. The van der Waals surface area contributed by atoms with Crippen LogP contribution in [0.4, 0.5) is 0 Å². The minimum Gasteiger partial charge on any atom is -0.458 e. The quantitative estimate of drug-likeness (QED) is 0.589. The summed E-state index contributed by atoms with van der Waals surface area (Å²) in [6.07, 6.45) is 1.46. The smallest absolute Gasteiger partial charge is 0.317 e. The molecule has 2 heterocycles. The lowest BCUT2D eigenvalue weighted by Crippen LogP contribution is -2.45. The zero-order chi connectivity index (χ0) is 21.8. The van der Waals surface area contributed by atoms with Gasteiger partial charge in [-0.1, -0.05) is 48.5 Å². The van der Waals surface area contributed by atoms with E-state index in [0.29, 0.717) is 35.8 Å². The molecule has 1 aliphatic rings. The van der Waals surface area contributed by atoms with Gasteiger partial charge in [0.2, 0.25) is 0 Å². The van der Waals surface area contributed by atoms with Gasteiger partial charge in [0, 0.05) is 29.1 Å². The number of aromatic nitrogens is 2. The summed E-state index contributed by atoms with van der Waals surface area (Å²) in [7, 11) is 0. The fraction of sp³-hybridized carbons (Fsp3) is 0.280. The first-order valence-corrected chi connectivity index (χ1v) is 10.5. The van der Waals surface area contributed by atoms with Crippen molar-refractivity contribution in [3.05, 3.63) is 88.7 Å². The highest BCUT2D eigenvalue weighted by atomic mass is 16.5. The Morgan fingerprint density at radius 3 is 2.29 bits per heavy atom. The van der Waals surface area contributed by atoms with Gasteiger partial charge in [-0.05, 0) is 38.8 Å². The first-order chi connectivity index (χ1) is 15.0. The Bertz CT molecular complexity index is 1080. The van der Waals surface area contributed by atoms with Crippen LogP contribution in [0.25, 0.3) is 0 Å². The summed E-state index contributed by atoms with van der Waals surface area (Å²) in [6.45, 7) is 4.86. The largest absolute Gasteiger partial charge is 0.458 e. The third-order valence-corrected chi connectivity index (χ3v) is 5.34. The maximum Gasteiger partial charge on any atom is 0.317 e. The Labute approximate surface area is 181 Å². The van der Waals surface area contributed by atoms with Gasteiger partial charge < -0.3 is 9.64 Å². The van der Waals surface area contributed by atoms with Crippen LogP contribution in [0.2, 0.25) is 0 Å². The molecule has 0 aliphatic carbocycles. The summed E-state index contributed by atoms with van der Waals surface area (Å²) in [6, 6.07) is 18.3. The van der Waals surface area contributed by atoms with E-state index in [4.69, 9.17) is 4.74 Å². The van der Waals surface area contributed by atoms with Crippen molar-refractivity contribution in [3.8, 4) is 6.01 Å². The second-order valence-corrected chi connectivity index (χ2v) is 7.81. The lowest BCUT2D eigenvalue weighted by Gasteiger charge is -2.32. The van der Waals surface area contributed by atoms with E-state index in [1.165, 1.54) is 0 Å². The molecule has 1 saturated heterocycles. The molecule has 4 rings (SSSR count). The molecular weight excluding hydrogens is 390 g/mol. The molecule has 1 aliphatic heterocycles. The predicted molar refractivity (Wildman–Crippen MR) is 117 cm³/mol. The van der Waals surface area contributed by atoms with E-state index in [0.717, 1.165) is 24.2 Å². The summed E-state index contributed by atoms with van der Waals surface area (Å²) in [5, 5.41) is 0. The highest BCUT2D eigenvalue weighted by Gasteiger charge is 2.28. The van der Waals surface area contributed by atoms with Crippen LogP contribution >= 0.6 is 0 Å². The number of amides is 1.